The summed E-state index contributed by atoms with van der Waals surface area (Å²) in [6, 6.07) is 0. The van der Waals surface area contributed by atoms with Gasteiger partial charge in [-0.25, -0.2) is 9.97 Å². The Morgan fingerprint density at radius 2 is 2.00 bits per heavy atom. The molecule has 1 heterocycles. The van der Waals surface area contributed by atoms with E-state index in [1.807, 2.05) is 18.7 Å². The molecule has 0 bridgehead atoms. The molecule has 5 heteroatoms. The molecule has 0 spiro atoms. The van der Waals surface area contributed by atoms with E-state index in [0.29, 0.717) is 0 Å². The topological polar surface area (TPSA) is 37.8 Å². The Bertz CT molecular complexity index is 358. The predicted octanol–water partition coefficient (Wildman–Crippen LogP) is 4.01. The zero-order valence-electron chi connectivity index (χ0n) is 10.7. The van der Waals surface area contributed by atoms with Crippen LogP contribution in [0, 0.1) is 6.92 Å². The first-order valence-corrected chi connectivity index (χ1v) is 7.98. The van der Waals surface area contributed by atoms with E-state index >= 15 is 0 Å². The molecule has 17 heavy (non-hydrogen) atoms. The van der Waals surface area contributed by atoms with Gasteiger partial charge < -0.3 is 5.32 Å². The molecule has 0 unspecified atom stereocenters. The van der Waals surface area contributed by atoms with E-state index in [-0.39, 0.29) is 0 Å². The number of thioether (sulfide) groups is 1. The van der Waals surface area contributed by atoms with Crippen LogP contribution in [-0.4, -0.2) is 22.3 Å². The van der Waals surface area contributed by atoms with Crippen LogP contribution in [-0.2, 0) is 5.75 Å². The quantitative estimate of drug-likeness (QED) is 0.771. The third-order valence-corrected chi connectivity index (χ3v) is 4.29. The second-order valence-corrected chi connectivity index (χ2v) is 5.77. The molecule has 0 aliphatic heterocycles. The van der Waals surface area contributed by atoms with Gasteiger partial charge in [0.05, 0.1) is 15.9 Å². The highest BCUT2D eigenvalue weighted by molar-refractivity contribution is 9.10. The maximum Gasteiger partial charge on any atom is 0.144 e. The predicted molar refractivity (Wildman–Crippen MR) is 79.7 cm³/mol. The van der Waals surface area contributed by atoms with E-state index in [2.05, 4.69) is 45.1 Å². The van der Waals surface area contributed by atoms with E-state index in [0.717, 1.165) is 46.3 Å². The Morgan fingerprint density at radius 3 is 2.65 bits per heavy atom. The van der Waals surface area contributed by atoms with Crippen LogP contribution in [0.5, 0.6) is 0 Å². The van der Waals surface area contributed by atoms with Crippen LogP contribution in [0.2, 0.25) is 0 Å². The van der Waals surface area contributed by atoms with E-state index < -0.39 is 0 Å². The van der Waals surface area contributed by atoms with E-state index in [1.165, 1.54) is 6.42 Å². The number of rotatable bonds is 7. The minimum absolute atomic E-state index is 0.892. The number of hydrogen-bond donors (Lipinski definition) is 1. The summed E-state index contributed by atoms with van der Waals surface area (Å²) in [6.45, 7) is 7.29. The summed E-state index contributed by atoms with van der Waals surface area (Å²) < 4.78 is 0.982. The first kappa shape index (κ1) is 14.8. The summed E-state index contributed by atoms with van der Waals surface area (Å²) in [5.74, 6) is 3.90. The van der Waals surface area contributed by atoms with Crippen molar-refractivity contribution < 1.29 is 0 Å². The monoisotopic (exact) mass is 317 g/mol. The van der Waals surface area contributed by atoms with Gasteiger partial charge in [0.15, 0.2) is 0 Å². The van der Waals surface area contributed by atoms with Crippen LogP contribution in [0.15, 0.2) is 4.47 Å². The molecular weight excluding hydrogens is 298 g/mol. The average molecular weight is 318 g/mol. The van der Waals surface area contributed by atoms with Crippen molar-refractivity contribution in [3.05, 3.63) is 16.0 Å². The molecule has 0 radical (unpaired) electrons. The number of anilines is 1. The number of halogens is 1. The van der Waals surface area contributed by atoms with Gasteiger partial charge in [0, 0.05) is 6.54 Å². The van der Waals surface area contributed by atoms with Crippen LogP contribution in [0.3, 0.4) is 0 Å². The van der Waals surface area contributed by atoms with E-state index in [9.17, 15) is 0 Å². The molecule has 0 saturated heterocycles. The van der Waals surface area contributed by atoms with Gasteiger partial charge in [0.2, 0.25) is 0 Å². The fourth-order valence-electron chi connectivity index (χ4n) is 1.35. The Labute approximate surface area is 116 Å². The highest BCUT2D eigenvalue weighted by Crippen LogP contribution is 2.24. The van der Waals surface area contributed by atoms with Crippen LogP contribution < -0.4 is 5.32 Å². The smallest absolute Gasteiger partial charge is 0.144 e. The van der Waals surface area contributed by atoms with Crippen molar-refractivity contribution in [3.63, 3.8) is 0 Å². The molecule has 3 nitrogen and oxygen atoms in total. The maximum absolute atomic E-state index is 4.55. The van der Waals surface area contributed by atoms with Crippen LogP contribution in [0.4, 0.5) is 5.82 Å². The molecule has 0 fully saturated rings. The first-order chi connectivity index (χ1) is 8.19. The Balaban J connectivity index is 2.74. The number of aryl methyl sites for hydroxylation is 1. The lowest BCUT2D eigenvalue weighted by Gasteiger charge is -2.10. The average Bonchev–Trinajstić information content (AvgIpc) is 2.32. The Morgan fingerprint density at radius 1 is 1.24 bits per heavy atom. The van der Waals surface area contributed by atoms with Gasteiger partial charge in [-0.05, 0) is 41.4 Å². The van der Waals surface area contributed by atoms with Crippen molar-refractivity contribution in [1.82, 2.24) is 9.97 Å². The summed E-state index contributed by atoms with van der Waals surface area (Å²) in [4.78, 5) is 9.05. The second-order valence-electron chi connectivity index (χ2n) is 3.87. The van der Waals surface area contributed by atoms with Gasteiger partial charge in [0.1, 0.15) is 11.6 Å². The van der Waals surface area contributed by atoms with Gasteiger partial charge in [-0.1, -0.05) is 13.8 Å². The van der Waals surface area contributed by atoms with Crippen molar-refractivity contribution in [1.29, 1.82) is 0 Å². The molecule has 0 amide bonds. The lowest BCUT2D eigenvalue weighted by atomic mass is 10.4. The van der Waals surface area contributed by atoms with Gasteiger partial charge in [-0.3, -0.25) is 0 Å². The lowest BCUT2D eigenvalue weighted by molar-refractivity contribution is 0.933. The number of aromatic nitrogens is 2. The summed E-state index contributed by atoms with van der Waals surface area (Å²) in [5.41, 5.74) is 1.01. The zero-order chi connectivity index (χ0) is 12.7. The Hall–Kier alpha value is -0.290. The molecule has 96 valence electrons. The molecule has 1 rings (SSSR count). The standard InChI is InChI=1S/C12H20BrN3S/c1-4-6-14-12-11(13)9(3)15-10(16-12)8-17-7-5-2/h4-8H2,1-3H3,(H,14,15,16). The van der Waals surface area contributed by atoms with Gasteiger partial charge >= 0.3 is 0 Å². The number of nitrogens with zero attached hydrogens (tertiary/aromatic N) is 2. The molecule has 1 aromatic heterocycles. The van der Waals surface area contributed by atoms with Crippen molar-refractivity contribution >= 4 is 33.5 Å². The van der Waals surface area contributed by atoms with E-state index in [4.69, 9.17) is 0 Å². The minimum Gasteiger partial charge on any atom is -0.369 e. The summed E-state index contributed by atoms with van der Waals surface area (Å²) in [7, 11) is 0. The molecule has 0 saturated carbocycles. The summed E-state index contributed by atoms with van der Waals surface area (Å²) >= 11 is 5.42. The molecule has 0 aromatic carbocycles. The van der Waals surface area contributed by atoms with Crippen molar-refractivity contribution in [2.24, 2.45) is 0 Å². The Kier molecular flexibility index (Phi) is 6.89. The van der Waals surface area contributed by atoms with Crippen LogP contribution in [0.1, 0.15) is 38.2 Å². The summed E-state index contributed by atoms with van der Waals surface area (Å²) in [6.07, 6.45) is 2.29. The largest absolute Gasteiger partial charge is 0.369 e. The molecule has 0 atom stereocenters. The zero-order valence-corrected chi connectivity index (χ0v) is 13.1. The molecule has 0 aliphatic rings. The third-order valence-electron chi connectivity index (χ3n) is 2.19. The first-order valence-electron chi connectivity index (χ1n) is 6.03. The highest BCUT2D eigenvalue weighted by Gasteiger charge is 2.08. The van der Waals surface area contributed by atoms with Crippen LogP contribution in [0.25, 0.3) is 0 Å². The minimum atomic E-state index is 0.892. The molecule has 1 N–H and O–H groups in total. The fraction of sp³-hybridized carbons (Fsp3) is 0.667. The van der Waals surface area contributed by atoms with Gasteiger partial charge in [0.25, 0.3) is 0 Å². The van der Waals surface area contributed by atoms with Crippen LogP contribution >= 0.6 is 27.7 Å². The highest BCUT2D eigenvalue weighted by atomic mass is 79.9. The molecule has 1 aromatic rings. The second kappa shape index (κ2) is 7.93. The SMILES string of the molecule is CCCNc1nc(CSCCC)nc(C)c1Br. The number of hydrogen-bond acceptors (Lipinski definition) is 4. The van der Waals surface area contributed by atoms with Crippen molar-refractivity contribution in [2.45, 2.75) is 39.4 Å². The van der Waals surface area contributed by atoms with Crippen molar-refractivity contribution in [2.75, 3.05) is 17.6 Å². The third kappa shape index (κ3) is 4.84. The maximum atomic E-state index is 4.55. The number of nitrogens with one attached hydrogen (secondary N) is 1. The van der Waals surface area contributed by atoms with Gasteiger partial charge in [-0.15, -0.1) is 0 Å². The molecular formula is C12H20BrN3S. The van der Waals surface area contributed by atoms with Crippen molar-refractivity contribution in [3.8, 4) is 0 Å². The molecule has 0 aliphatic carbocycles. The normalized spacial score (nSPS) is 10.6. The lowest BCUT2D eigenvalue weighted by Crippen LogP contribution is -2.07. The van der Waals surface area contributed by atoms with E-state index in [1.54, 1.807) is 0 Å². The summed E-state index contributed by atoms with van der Waals surface area (Å²) in [5, 5.41) is 3.33. The van der Waals surface area contributed by atoms with Gasteiger partial charge in [-0.2, -0.15) is 11.8 Å². The fourth-order valence-corrected chi connectivity index (χ4v) is 2.41.